The number of benzene rings is 1. The Morgan fingerprint density at radius 2 is 1.74 bits per heavy atom. The van der Waals surface area contributed by atoms with E-state index >= 15 is 0 Å². The van der Waals surface area contributed by atoms with Crippen LogP contribution in [-0.4, -0.2) is 52.5 Å². The summed E-state index contributed by atoms with van der Waals surface area (Å²) in [6.45, 7) is 7.68. The van der Waals surface area contributed by atoms with E-state index in [-0.39, 0.29) is 33.3 Å². The molecule has 210 valence electrons. The van der Waals surface area contributed by atoms with E-state index in [0.717, 1.165) is 19.3 Å². The number of aryl methyl sites for hydroxylation is 1. The summed E-state index contributed by atoms with van der Waals surface area (Å²) in [6.07, 6.45) is 3.75. The molecule has 0 spiro atoms. The Bertz CT molecular complexity index is 1430. The molecule has 1 aliphatic rings. The van der Waals surface area contributed by atoms with Gasteiger partial charge in [-0.2, -0.15) is 4.98 Å². The molecule has 4 rings (SSSR count). The van der Waals surface area contributed by atoms with Crippen molar-refractivity contribution in [1.82, 2.24) is 19.9 Å². The van der Waals surface area contributed by atoms with Gasteiger partial charge >= 0.3 is 6.09 Å². The highest BCUT2D eigenvalue weighted by Gasteiger charge is 2.31. The van der Waals surface area contributed by atoms with E-state index in [1.165, 1.54) is 14.2 Å². The maximum Gasteiger partial charge on any atom is 0.407 e. The average molecular weight is 578 g/mol. The lowest BCUT2D eigenvalue weighted by atomic mass is 10.0. The second-order valence-electron chi connectivity index (χ2n) is 10.3. The molecule has 2 atom stereocenters. The van der Waals surface area contributed by atoms with Gasteiger partial charge in [0.1, 0.15) is 22.7 Å². The summed E-state index contributed by atoms with van der Waals surface area (Å²) in [5.41, 5.74) is 0.144. The molecule has 0 saturated heterocycles. The molecule has 12 heteroatoms. The molecule has 2 heterocycles. The number of ether oxygens (including phenoxy) is 3. The molecule has 1 aromatic carbocycles. The lowest BCUT2D eigenvalue weighted by molar-refractivity contribution is 0.0503. The van der Waals surface area contributed by atoms with Crippen molar-refractivity contribution in [3.63, 3.8) is 0 Å². The van der Waals surface area contributed by atoms with E-state index in [4.69, 9.17) is 37.4 Å². The zero-order valence-corrected chi connectivity index (χ0v) is 24.4. The number of methoxy groups -OCH3 is 2. The lowest BCUT2D eigenvalue weighted by Crippen LogP contribution is -2.45. The maximum absolute atomic E-state index is 13.7. The number of aromatic nitrogens is 3. The number of hydrogen-bond acceptors (Lipinski definition) is 8. The van der Waals surface area contributed by atoms with Crippen molar-refractivity contribution in [2.75, 3.05) is 19.5 Å². The number of hydrogen-bond donors (Lipinski definition) is 2. The van der Waals surface area contributed by atoms with Crippen LogP contribution in [0.1, 0.15) is 47.0 Å². The SMILES string of the molecule is CCn1c(=O)c(-c2c(Cl)c(OC)cc(OC)c2Cl)cc2cnc(NC3CCC[C@@H]3NC(=O)OC(C)(C)C)nc21. The zero-order valence-electron chi connectivity index (χ0n) is 22.9. The van der Waals surface area contributed by atoms with Gasteiger partial charge < -0.3 is 24.8 Å². The van der Waals surface area contributed by atoms with Crippen molar-refractivity contribution in [2.24, 2.45) is 0 Å². The Hall–Kier alpha value is -3.24. The van der Waals surface area contributed by atoms with E-state index in [0.29, 0.717) is 40.6 Å². The summed E-state index contributed by atoms with van der Waals surface area (Å²) >= 11 is 13.2. The molecule has 2 aromatic heterocycles. The number of fused-ring (bicyclic) bond motifs is 1. The van der Waals surface area contributed by atoms with E-state index in [1.807, 2.05) is 27.7 Å². The van der Waals surface area contributed by atoms with Crippen molar-refractivity contribution in [2.45, 2.75) is 71.2 Å². The first-order chi connectivity index (χ1) is 18.5. The van der Waals surface area contributed by atoms with Crippen molar-refractivity contribution in [1.29, 1.82) is 0 Å². The Morgan fingerprint density at radius 1 is 1.10 bits per heavy atom. The van der Waals surface area contributed by atoms with Crippen molar-refractivity contribution in [3.05, 3.63) is 38.7 Å². The first-order valence-electron chi connectivity index (χ1n) is 12.7. The Labute approximate surface area is 237 Å². The van der Waals surface area contributed by atoms with Crippen LogP contribution in [0.2, 0.25) is 10.0 Å². The molecule has 0 bridgehead atoms. The fourth-order valence-electron chi connectivity index (χ4n) is 4.75. The number of amides is 1. The average Bonchev–Trinajstić information content (AvgIpc) is 3.29. The second kappa shape index (κ2) is 11.5. The normalized spacial score (nSPS) is 17.2. The third-order valence-electron chi connectivity index (χ3n) is 6.52. The summed E-state index contributed by atoms with van der Waals surface area (Å²) in [5.74, 6) is 1.02. The fraction of sp³-hybridized carbons (Fsp3) is 0.481. The highest BCUT2D eigenvalue weighted by molar-refractivity contribution is 6.41. The monoisotopic (exact) mass is 577 g/mol. The third kappa shape index (κ3) is 6.01. The summed E-state index contributed by atoms with van der Waals surface area (Å²) < 4.78 is 17.7. The number of halogens is 2. The molecule has 1 unspecified atom stereocenters. The second-order valence-corrected chi connectivity index (χ2v) is 11.1. The number of rotatable bonds is 7. The maximum atomic E-state index is 13.7. The van der Waals surface area contributed by atoms with E-state index < -0.39 is 11.7 Å². The van der Waals surface area contributed by atoms with Crippen LogP contribution in [0.3, 0.4) is 0 Å². The van der Waals surface area contributed by atoms with Gasteiger partial charge in [0.25, 0.3) is 5.56 Å². The van der Waals surface area contributed by atoms with E-state index in [9.17, 15) is 9.59 Å². The van der Waals surface area contributed by atoms with E-state index in [1.54, 1.807) is 22.9 Å². The van der Waals surface area contributed by atoms with Crippen LogP contribution in [0.5, 0.6) is 11.5 Å². The molecule has 0 radical (unpaired) electrons. The summed E-state index contributed by atoms with van der Waals surface area (Å²) in [7, 11) is 2.95. The Kier molecular flexibility index (Phi) is 8.46. The van der Waals surface area contributed by atoms with Gasteiger partial charge in [-0.1, -0.05) is 23.2 Å². The molecule has 39 heavy (non-hydrogen) atoms. The minimum Gasteiger partial charge on any atom is -0.495 e. The molecular weight excluding hydrogens is 545 g/mol. The fourth-order valence-corrected chi connectivity index (χ4v) is 5.46. The predicted octanol–water partition coefficient (Wildman–Crippen LogP) is 5.66. The minimum absolute atomic E-state index is 0.0853. The number of nitrogens with one attached hydrogen (secondary N) is 2. The molecule has 1 aliphatic carbocycles. The van der Waals surface area contributed by atoms with Gasteiger partial charge in [0, 0.05) is 35.8 Å². The molecule has 0 aliphatic heterocycles. The number of pyridine rings is 1. The van der Waals surface area contributed by atoms with Gasteiger partial charge in [0.15, 0.2) is 0 Å². The predicted molar refractivity (Wildman–Crippen MR) is 152 cm³/mol. The quantitative estimate of drug-likeness (QED) is 0.369. The number of carbonyl (C=O) groups excluding carboxylic acids is 1. The Morgan fingerprint density at radius 3 is 2.33 bits per heavy atom. The van der Waals surface area contributed by atoms with Crippen LogP contribution >= 0.6 is 23.2 Å². The summed E-state index contributed by atoms with van der Waals surface area (Å²) in [6, 6.07) is 3.02. The van der Waals surface area contributed by atoms with Gasteiger partial charge in [-0.3, -0.25) is 9.36 Å². The summed E-state index contributed by atoms with van der Waals surface area (Å²) in [4.78, 5) is 35.2. The molecule has 1 saturated carbocycles. The molecular formula is C27H33Cl2N5O5. The third-order valence-corrected chi connectivity index (χ3v) is 7.27. The minimum atomic E-state index is -0.583. The number of alkyl carbamates (subject to hydrolysis) is 1. The largest absolute Gasteiger partial charge is 0.495 e. The van der Waals surface area contributed by atoms with Crippen molar-refractivity contribution >= 4 is 46.3 Å². The molecule has 1 fully saturated rings. The molecule has 3 aromatic rings. The van der Waals surface area contributed by atoms with Gasteiger partial charge in [0.05, 0.1) is 35.9 Å². The van der Waals surface area contributed by atoms with Crippen LogP contribution in [0.25, 0.3) is 22.2 Å². The number of anilines is 1. The number of carbonyl (C=O) groups is 1. The van der Waals surface area contributed by atoms with Gasteiger partial charge in [-0.05, 0) is 53.0 Å². The summed E-state index contributed by atoms with van der Waals surface area (Å²) in [5, 5.41) is 7.31. The van der Waals surface area contributed by atoms with Crippen LogP contribution in [-0.2, 0) is 11.3 Å². The van der Waals surface area contributed by atoms with Crippen molar-refractivity contribution < 1.29 is 19.0 Å². The van der Waals surface area contributed by atoms with Gasteiger partial charge in [-0.15, -0.1) is 0 Å². The molecule has 1 amide bonds. The van der Waals surface area contributed by atoms with Crippen molar-refractivity contribution in [3.8, 4) is 22.6 Å². The standard InChI is InChI=1S/C27H33Cl2N5O5/c1-7-34-23-14(11-15(24(34)35)20-21(28)18(37-5)12-19(38-6)22(20)29)13-30-25(33-23)31-16-9-8-10-17(16)32-26(36)39-27(2,3)4/h11-13,16-17H,7-10H2,1-6H3,(H,32,36)(H,30,31,33)/t16?,17-/m0/s1. The highest BCUT2D eigenvalue weighted by Crippen LogP contribution is 2.45. The highest BCUT2D eigenvalue weighted by atomic mass is 35.5. The van der Waals surface area contributed by atoms with Gasteiger partial charge in [-0.25, -0.2) is 9.78 Å². The van der Waals surface area contributed by atoms with Gasteiger partial charge in [0.2, 0.25) is 5.95 Å². The first-order valence-corrected chi connectivity index (χ1v) is 13.5. The molecule has 10 nitrogen and oxygen atoms in total. The van der Waals surface area contributed by atoms with Crippen LogP contribution < -0.4 is 25.7 Å². The van der Waals surface area contributed by atoms with E-state index in [2.05, 4.69) is 20.6 Å². The smallest absolute Gasteiger partial charge is 0.407 e. The topological polar surface area (TPSA) is 117 Å². The van der Waals surface area contributed by atoms with Crippen LogP contribution in [0.4, 0.5) is 10.7 Å². The first kappa shape index (κ1) is 28.8. The van der Waals surface area contributed by atoms with Crippen LogP contribution in [0.15, 0.2) is 23.1 Å². The Balaban J connectivity index is 1.70. The van der Waals surface area contributed by atoms with Crippen LogP contribution in [0, 0.1) is 0 Å². The lowest BCUT2D eigenvalue weighted by Gasteiger charge is -2.25. The number of nitrogens with zero attached hydrogens (tertiary/aromatic N) is 3. The molecule has 2 N–H and O–H groups in total. The zero-order chi connectivity index (χ0) is 28.5.